The van der Waals surface area contributed by atoms with Crippen molar-refractivity contribution in [3.05, 3.63) is 71.8 Å². The van der Waals surface area contributed by atoms with E-state index in [0.29, 0.717) is 5.56 Å². The number of benzene rings is 1. The molecule has 5 heteroatoms. The maximum Gasteiger partial charge on any atom is 0.262 e. The van der Waals surface area contributed by atoms with Gasteiger partial charge in [0.05, 0.1) is 11.0 Å². The molecule has 1 aliphatic heterocycles. The van der Waals surface area contributed by atoms with Gasteiger partial charge in [-0.25, -0.2) is 4.39 Å². The fourth-order valence-electron chi connectivity index (χ4n) is 3.09. The van der Waals surface area contributed by atoms with Gasteiger partial charge in [0.1, 0.15) is 5.82 Å². The number of aromatic nitrogens is 2. The van der Waals surface area contributed by atoms with Crippen LogP contribution in [0.25, 0.3) is 16.6 Å². The third-order valence-corrected chi connectivity index (χ3v) is 4.26. The van der Waals surface area contributed by atoms with E-state index in [4.69, 9.17) is 0 Å². The molecule has 1 aliphatic rings. The summed E-state index contributed by atoms with van der Waals surface area (Å²) in [5, 5.41) is 3.28. The van der Waals surface area contributed by atoms with Crippen molar-refractivity contribution in [3.63, 3.8) is 0 Å². The van der Waals surface area contributed by atoms with Crippen LogP contribution in [0.4, 0.5) is 4.39 Å². The van der Waals surface area contributed by atoms with Crippen molar-refractivity contribution in [2.75, 3.05) is 13.1 Å². The first-order valence-electron chi connectivity index (χ1n) is 7.90. The van der Waals surface area contributed by atoms with Crippen LogP contribution in [-0.2, 0) is 0 Å². The van der Waals surface area contributed by atoms with Crippen LogP contribution >= 0.6 is 0 Å². The average molecular weight is 321 g/mol. The zero-order valence-electron chi connectivity index (χ0n) is 13.0. The Morgan fingerprint density at radius 2 is 2.17 bits per heavy atom. The molecule has 2 aromatic heterocycles. The van der Waals surface area contributed by atoms with Gasteiger partial charge in [-0.15, -0.1) is 0 Å². The van der Waals surface area contributed by atoms with Gasteiger partial charge in [-0.2, -0.15) is 0 Å². The van der Waals surface area contributed by atoms with E-state index >= 15 is 0 Å². The summed E-state index contributed by atoms with van der Waals surface area (Å²) >= 11 is 0. The second-order valence-corrected chi connectivity index (χ2v) is 5.78. The topological polar surface area (TPSA) is 46.9 Å². The van der Waals surface area contributed by atoms with E-state index in [1.54, 1.807) is 29.0 Å². The molecule has 0 unspecified atom stereocenters. The fourth-order valence-corrected chi connectivity index (χ4v) is 3.09. The van der Waals surface area contributed by atoms with Crippen LogP contribution in [0.5, 0.6) is 0 Å². The quantitative estimate of drug-likeness (QED) is 0.788. The van der Waals surface area contributed by atoms with Crippen molar-refractivity contribution in [2.45, 2.75) is 6.42 Å². The lowest BCUT2D eigenvalue weighted by molar-refractivity contribution is 0.0964. The lowest BCUT2D eigenvalue weighted by Crippen LogP contribution is -2.20. The Bertz CT molecular complexity index is 958. The maximum absolute atomic E-state index is 13.5. The largest absolute Gasteiger partial charge is 0.313 e. The summed E-state index contributed by atoms with van der Waals surface area (Å²) in [6, 6.07) is 9.42. The highest BCUT2D eigenvalue weighted by Gasteiger charge is 2.19. The highest BCUT2D eigenvalue weighted by Crippen LogP contribution is 2.29. The number of carbonyl (C=O) groups excluding carboxylic acids is 1. The minimum atomic E-state index is -0.420. The Labute approximate surface area is 138 Å². The number of nitrogens with zero attached hydrogens (tertiary/aromatic N) is 2. The van der Waals surface area contributed by atoms with Gasteiger partial charge in [0.2, 0.25) is 0 Å². The average Bonchev–Trinajstić information content (AvgIpc) is 3.01. The van der Waals surface area contributed by atoms with Gasteiger partial charge in [-0.3, -0.25) is 14.3 Å². The Kier molecular flexibility index (Phi) is 3.70. The van der Waals surface area contributed by atoms with Gasteiger partial charge >= 0.3 is 0 Å². The smallest absolute Gasteiger partial charge is 0.262 e. The molecule has 0 bridgehead atoms. The van der Waals surface area contributed by atoms with Crippen molar-refractivity contribution in [1.82, 2.24) is 14.9 Å². The molecule has 120 valence electrons. The third-order valence-electron chi connectivity index (χ3n) is 4.26. The van der Waals surface area contributed by atoms with Gasteiger partial charge in [-0.05, 0) is 48.9 Å². The molecule has 0 amide bonds. The lowest BCUT2D eigenvalue weighted by atomic mass is 10.0. The Morgan fingerprint density at radius 1 is 1.25 bits per heavy atom. The van der Waals surface area contributed by atoms with Gasteiger partial charge in [0.15, 0.2) is 0 Å². The second-order valence-electron chi connectivity index (χ2n) is 5.78. The van der Waals surface area contributed by atoms with Crippen LogP contribution in [-0.4, -0.2) is 28.5 Å². The number of rotatable bonds is 2. The molecule has 4 rings (SSSR count). The normalized spacial score (nSPS) is 14.6. The zero-order valence-corrected chi connectivity index (χ0v) is 13.0. The summed E-state index contributed by atoms with van der Waals surface area (Å²) in [4.78, 5) is 17.3. The standard InChI is InChI=1S/C19H16FN3O/c20-15-4-1-3-14(11-15)19(24)23-12-16(13-6-9-21-10-7-13)18-17(23)5-2-8-22-18/h1-6,8,11-12,21H,7,9-10H2. The Balaban J connectivity index is 1.87. The molecule has 0 radical (unpaired) electrons. The van der Waals surface area contributed by atoms with Crippen LogP contribution in [0, 0.1) is 5.82 Å². The highest BCUT2D eigenvalue weighted by atomic mass is 19.1. The molecule has 0 fully saturated rings. The summed E-state index contributed by atoms with van der Waals surface area (Å²) < 4.78 is 15.0. The molecular weight excluding hydrogens is 305 g/mol. The molecule has 0 atom stereocenters. The molecule has 3 aromatic rings. The third kappa shape index (κ3) is 2.53. The van der Waals surface area contributed by atoms with Crippen LogP contribution in [0.3, 0.4) is 0 Å². The van der Waals surface area contributed by atoms with Gasteiger partial charge in [0.25, 0.3) is 5.91 Å². The minimum absolute atomic E-state index is 0.256. The van der Waals surface area contributed by atoms with Crippen molar-refractivity contribution >= 4 is 22.5 Å². The molecule has 3 heterocycles. The molecule has 24 heavy (non-hydrogen) atoms. The summed E-state index contributed by atoms with van der Waals surface area (Å²) in [5.41, 5.74) is 4.01. The molecule has 0 aliphatic carbocycles. The molecule has 1 N–H and O–H groups in total. The van der Waals surface area contributed by atoms with E-state index in [1.807, 2.05) is 12.3 Å². The molecular formula is C19H16FN3O. The summed E-state index contributed by atoms with van der Waals surface area (Å²) in [5.74, 6) is -0.676. The lowest BCUT2D eigenvalue weighted by Gasteiger charge is -2.12. The Morgan fingerprint density at radius 3 is 2.96 bits per heavy atom. The first kappa shape index (κ1) is 14.8. The van der Waals surface area contributed by atoms with E-state index in [1.165, 1.54) is 17.7 Å². The van der Waals surface area contributed by atoms with E-state index in [9.17, 15) is 9.18 Å². The van der Waals surface area contributed by atoms with Crippen molar-refractivity contribution < 1.29 is 9.18 Å². The number of halogens is 1. The van der Waals surface area contributed by atoms with Crippen LogP contribution < -0.4 is 5.32 Å². The number of pyridine rings is 1. The second kappa shape index (κ2) is 6.02. The van der Waals surface area contributed by atoms with E-state index < -0.39 is 5.82 Å². The van der Waals surface area contributed by atoms with Crippen LogP contribution in [0.15, 0.2) is 54.9 Å². The van der Waals surface area contributed by atoms with Crippen molar-refractivity contribution in [3.8, 4) is 0 Å². The zero-order chi connectivity index (χ0) is 16.5. The number of hydrogen-bond acceptors (Lipinski definition) is 3. The predicted octanol–water partition coefficient (Wildman–Crippen LogP) is 3.24. The predicted molar refractivity (Wildman–Crippen MR) is 91.3 cm³/mol. The SMILES string of the molecule is O=C(c1cccc(F)c1)n1cc(C2=CCNCC2)c2ncccc21. The fraction of sp³-hybridized carbons (Fsp3) is 0.158. The first-order chi connectivity index (χ1) is 11.7. The Hall–Kier alpha value is -2.79. The van der Waals surface area contributed by atoms with Crippen molar-refractivity contribution in [2.24, 2.45) is 0 Å². The molecule has 0 saturated heterocycles. The number of hydrogen-bond donors (Lipinski definition) is 1. The number of fused-ring (bicyclic) bond motifs is 1. The highest BCUT2D eigenvalue weighted by molar-refractivity contribution is 6.04. The maximum atomic E-state index is 13.5. The van der Waals surface area contributed by atoms with Crippen LogP contribution in [0.1, 0.15) is 22.3 Å². The number of nitrogens with one attached hydrogen (secondary N) is 1. The first-order valence-corrected chi connectivity index (χ1v) is 7.90. The summed E-state index contributed by atoms with van der Waals surface area (Å²) in [6.07, 6.45) is 6.57. The number of carbonyl (C=O) groups is 1. The van der Waals surface area contributed by atoms with Gasteiger partial charge < -0.3 is 5.32 Å². The van der Waals surface area contributed by atoms with Crippen molar-refractivity contribution in [1.29, 1.82) is 0 Å². The van der Waals surface area contributed by atoms with E-state index in [-0.39, 0.29) is 5.91 Å². The monoisotopic (exact) mass is 321 g/mol. The van der Waals surface area contributed by atoms with E-state index in [0.717, 1.165) is 36.1 Å². The minimum Gasteiger partial charge on any atom is -0.313 e. The van der Waals surface area contributed by atoms with Crippen LogP contribution in [0.2, 0.25) is 0 Å². The summed E-state index contributed by atoms with van der Waals surface area (Å²) in [7, 11) is 0. The molecule has 1 aromatic carbocycles. The molecule has 0 spiro atoms. The molecule has 4 nitrogen and oxygen atoms in total. The summed E-state index contributed by atoms with van der Waals surface area (Å²) in [6.45, 7) is 1.72. The van der Waals surface area contributed by atoms with Gasteiger partial charge in [0, 0.05) is 30.1 Å². The van der Waals surface area contributed by atoms with E-state index in [2.05, 4.69) is 16.4 Å². The van der Waals surface area contributed by atoms with Gasteiger partial charge in [-0.1, -0.05) is 12.1 Å². The molecule has 0 saturated carbocycles.